The molecule has 112 valence electrons. The average Bonchev–Trinajstić information content (AvgIpc) is 2.39. The normalized spacial score (nSPS) is 18.2. The number of ether oxygens (including phenoxy) is 1. The Bertz CT molecular complexity index is 440. The molecule has 1 atom stereocenters. The number of rotatable bonds is 4. The van der Waals surface area contributed by atoms with E-state index in [-0.39, 0.29) is 30.0 Å². The highest BCUT2D eigenvalue weighted by Crippen LogP contribution is 2.20. The van der Waals surface area contributed by atoms with Crippen LogP contribution in [0.5, 0.6) is 5.75 Å². The molecule has 1 amide bonds. The van der Waals surface area contributed by atoms with Crippen LogP contribution in [0.3, 0.4) is 0 Å². The first kappa shape index (κ1) is 16.7. The summed E-state index contributed by atoms with van der Waals surface area (Å²) in [5, 5.41) is 5.88. The average molecular weight is 307 g/mol. The van der Waals surface area contributed by atoms with Gasteiger partial charge in [0.25, 0.3) is 0 Å². The van der Waals surface area contributed by atoms with Gasteiger partial charge in [0.1, 0.15) is 5.75 Å². The molecular formula is C13H17ClF2N2O2. The van der Waals surface area contributed by atoms with Gasteiger partial charge in [-0.05, 0) is 31.5 Å². The van der Waals surface area contributed by atoms with Gasteiger partial charge in [0.15, 0.2) is 0 Å². The zero-order valence-electron chi connectivity index (χ0n) is 10.8. The summed E-state index contributed by atoms with van der Waals surface area (Å²) in [5.41, 5.74) is 0.466. The lowest BCUT2D eigenvalue weighted by molar-refractivity contribution is -0.120. The lowest BCUT2D eigenvalue weighted by Gasteiger charge is -2.22. The van der Waals surface area contributed by atoms with Gasteiger partial charge >= 0.3 is 6.61 Å². The SMILES string of the molecule is Cl.O=C(Nc1cccc(OC(F)F)c1)[C@@H]1CCCNC1. The number of carbonyl (C=O) groups excluding carboxylic acids is 1. The molecule has 1 aromatic rings. The number of amides is 1. The summed E-state index contributed by atoms with van der Waals surface area (Å²) in [6, 6.07) is 6.02. The van der Waals surface area contributed by atoms with Gasteiger partial charge in [0.05, 0.1) is 5.92 Å². The summed E-state index contributed by atoms with van der Waals surface area (Å²) in [6.45, 7) is -1.28. The molecule has 1 aliphatic heterocycles. The number of benzene rings is 1. The highest BCUT2D eigenvalue weighted by molar-refractivity contribution is 5.92. The van der Waals surface area contributed by atoms with Crippen molar-refractivity contribution in [2.75, 3.05) is 18.4 Å². The molecule has 1 heterocycles. The number of halogens is 3. The van der Waals surface area contributed by atoms with E-state index in [0.29, 0.717) is 12.2 Å². The van der Waals surface area contributed by atoms with E-state index in [4.69, 9.17) is 0 Å². The number of piperidine rings is 1. The summed E-state index contributed by atoms with van der Waals surface area (Å²) < 4.78 is 28.5. The van der Waals surface area contributed by atoms with Crippen LogP contribution in [0.2, 0.25) is 0 Å². The number of hydrogen-bond acceptors (Lipinski definition) is 3. The minimum absolute atomic E-state index is 0. The summed E-state index contributed by atoms with van der Waals surface area (Å²) in [6.07, 6.45) is 1.80. The largest absolute Gasteiger partial charge is 0.435 e. The van der Waals surface area contributed by atoms with Crippen LogP contribution in [0.25, 0.3) is 0 Å². The van der Waals surface area contributed by atoms with E-state index in [9.17, 15) is 13.6 Å². The van der Waals surface area contributed by atoms with Crippen LogP contribution in [-0.4, -0.2) is 25.6 Å². The van der Waals surface area contributed by atoms with Crippen molar-refractivity contribution in [3.63, 3.8) is 0 Å². The first-order valence-corrected chi connectivity index (χ1v) is 6.21. The van der Waals surface area contributed by atoms with E-state index < -0.39 is 6.61 Å². The van der Waals surface area contributed by atoms with Gasteiger partial charge in [0, 0.05) is 18.3 Å². The third kappa shape index (κ3) is 4.94. The molecule has 0 bridgehead atoms. The first-order chi connectivity index (χ1) is 9.15. The number of nitrogens with one attached hydrogen (secondary N) is 2. The standard InChI is InChI=1S/C13H16F2N2O2.ClH/c14-13(15)19-11-5-1-4-10(7-11)17-12(18)9-3-2-6-16-8-9;/h1,4-5,7,9,13,16H,2-3,6,8H2,(H,17,18);1H/t9-;/m1./s1. The van der Waals surface area contributed by atoms with E-state index in [0.717, 1.165) is 19.4 Å². The first-order valence-electron chi connectivity index (χ1n) is 6.21. The second-order valence-electron chi connectivity index (χ2n) is 4.44. The number of anilines is 1. The molecule has 1 aliphatic rings. The molecule has 0 aliphatic carbocycles. The van der Waals surface area contributed by atoms with Gasteiger partial charge in [-0.25, -0.2) is 0 Å². The maximum Gasteiger partial charge on any atom is 0.387 e. The highest BCUT2D eigenvalue weighted by Gasteiger charge is 2.20. The molecule has 7 heteroatoms. The van der Waals surface area contributed by atoms with Crippen molar-refractivity contribution in [1.29, 1.82) is 0 Å². The third-order valence-corrected chi connectivity index (χ3v) is 2.99. The highest BCUT2D eigenvalue weighted by atomic mass is 35.5. The zero-order chi connectivity index (χ0) is 13.7. The van der Waals surface area contributed by atoms with E-state index in [1.165, 1.54) is 12.1 Å². The van der Waals surface area contributed by atoms with Crippen molar-refractivity contribution in [3.05, 3.63) is 24.3 Å². The van der Waals surface area contributed by atoms with Gasteiger partial charge in [-0.1, -0.05) is 6.07 Å². The molecule has 4 nitrogen and oxygen atoms in total. The van der Waals surface area contributed by atoms with Gasteiger partial charge in [-0.2, -0.15) is 8.78 Å². The Balaban J connectivity index is 0.00000200. The Hall–Kier alpha value is -1.40. The smallest absolute Gasteiger partial charge is 0.387 e. The molecule has 0 radical (unpaired) electrons. The van der Waals surface area contributed by atoms with E-state index in [2.05, 4.69) is 15.4 Å². The van der Waals surface area contributed by atoms with E-state index in [1.54, 1.807) is 12.1 Å². The molecule has 1 aromatic carbocycles. The Morgan fingerprint density at radius 3 is 2.90 bits per heavy atom. The molecule has 0 saturated carbocycles. The van der Waals surface area contributed by atoms with Crippen LogP contribution >= 0.6 is 12.4 Å². The van der Waals surface area contributed by atoms with Gasteiger partial charge in [-0.15, -0.1) is 12.4 Å². The maximum absolute atomic E-state index is 12.1. The summed E-state index contributed by atoms with van der Waals surface area (Å²) >= 11 is 0. The lowest BCUT2D eigenvalue weighted by Crippen LogP contribution is -2.37. The van der Waals surface area contributed by atoms with Crippen LogP contribution in [0.4, 0.5) is 14.5 Å². The van der Waals surface area contributed by atoms with Crippen molar-refractivity contribution in [2.24, 2.45) is 5.92 Å². The second kappa shape index (κ2) is 8.01. The predicted molar refractivity (Wildman–Crippen MR) is 74.5 cm³/mol. The van der Waals surface area contributed by atoms with Gasteiger partial charge in [-0.3, -0.25) is 4.79 Å². The summed E-state index contributed by atoms with van der Waals surface area (Å²) in [7, 11) is 0. The Kier molecular flexibility index (Phi) is 6.67. The van der Waals surface area contributed by atoms with Gasteiger partial charge in [0.2, 0.25) is 5.91 Å². The molecule has 2 N–H and O–H groups in total. The molecule has 0 spiro atoms. The van der Waals surface area contributed by atoms with Crippen molar-refractivity contribution < 1.29 is 18.3 Å². The second-order valence-corrected chi connectivity index (χ2v) is 4.44. The fourth-order valence-electron chi connectivity index (χ4n) is 2.07. The van der Waals surface area contributed by atoms with Gasteiger partial charge < -0.3 is 15.4 Å². The molecule has 0 aromatic heterocycles. The van der Waals surface area contributed by atoms with Crippen molar-refractivity contribution in [3.8, 4) is 5.75 Å². The molecular weight excluding hydrogens is 290 g/mol. The van der Waals surface area contributed by atoms with Crippen LogP contribution in [0, 0.1) is 5.92 Å². The maximum atomic E-state index is 12.1. The predicted octanol–water partition coefficient (Wildman–Crippen LogP) is 2.65. The quantitative estimate of drug-likeness (QED) is 0.899. The number of carbonyl (C=O) groups is 1. The Morgan fingerprint density at radius 1 is 1.45 bits per heavy atom. The fraction of sp³-hybridized carbons (Fsp3) is 0.462. The fourth-order valence-corrected chi connectivity index (χ4v) is 2.07. The van der Waals surface area contributed by atoms with E-state index >= 15 is 0 Å². The molecule has 1 saturated heterocycles. The molecule has 20 heavy (non-hydrogen) atoms. The van der Waals surface area contributed by atoms with Crippen LogP contribution < -0.4 is 15.4 Å². The van der Waals surface area contributed by atoms with Crippen molar-refractivity contribution in [2.45, 2.75) is 19.5 Å². The van der Waals surface area contributed by atoms with E-state index in [1.807, 2.05) is 0 Å². The molecule has 2 rings (SSSR count). The summed E-state index contributed by atoms with van der Waals surface area (Å²) in [5.74, 6) is -0.135. The van der Waals surface area contributed by atoms with Crippen molar-refractivity contribution in [1.82, 2.24) is 5.32 Å². The van der Waals surface area contributed by atoms with Crippen LogP contribution in [-0.2, 0) is 4.79 Å². The summed E-state index contributed by atoms with van der Waals surface area (Å²) in [4.78, 5) is 12.0. The van der Waals surface area contributed by atoms with Crippen molar-refractivity contribution >= 4 is 24.0 Å². The zero-order valence-corrected chi connectivity index (χ0v) is 11.6. The number of alkyl halides is 2. The minimum atomic E-state index is -2.87. The molecule has 1 fully saturated rings. The Labute approximate surface area is 122 Å². The van der Waals surface area contributed by atoms with Crippen LogP contribution in [0.1, 0.15) is 12.8 Å². The third-order valence-electron chi connectivity index (χ3n) is 2.99. The monoisotopic (exact) mass is 306 g/mol. The minimum Gasteiger partial charge on any atom is -0.435 e. The van der Waals surface area contributed by atoms with Crippen LogP contribution in [0.15, 0.2) is 24.3 Å². The topological polar surface area (TPSA) is 50.4 Å². The number of hydrogen-bond donors (Lipinski definition) is 2. The molecule has 0 unspecified atom stereocenters. The Morgan fingerprint density at radius 2 is 2.25 bits per heavy atom. The lowest BCUT2D eigenvalue weighted by atomic mass is 9.99.